The van der Waals surface area contributed by atoms with Gasteiger partial charge in [-0.3, -0.25) is 4.79 Å². The van der Waals surface area contributed by atoms with Crippen LogP contribution in [0.1, 0.15) is 23.7 Å². The highest BCUT2D eigenvalue weighted by molar-refractivity contribution is 9.10. The molecule has 0 saturated carbocycles. The van der Waals surface area contributed by atoms with Crippen molar-refractivity contribution in [3.05, 3.63) is 28.2 Å². The van der Waals surface area contributed by atoms with Crippen molar-refractivity contribution < 1.29 is 4.79 Å². The maximum Gasteiger partial charge on any atom is 0.254 e. The van der Waals surface area contributed by atoms with E-state index in [9.17, 15) is 4.79 Å². The van der Waals surface area contributed by atoms with Crippen LogP contribution in [0.25, 0.3) is 0 Å². The Morgan fingerprint density at radius 1 is 1.53 bits per heavy atom. The zero-order valence-corrected chi connectivity index (χ0v) is 11.3. The van der Waals surface area contributed by atoms with Gasteiger partial charge in [-0.2, -0.15) is 0 Å². The molecule has 0 aliphatic carbocycles. The van der Waals surface area contributed by atoms with E-state index in [-0.39, 0.29) is 5.91 Å². The van der Waals surface area contributed by atoms with Crippen molar-refractivity contribution in [2.24, 2.45) is 0 Å². The highest BCUT2D eigenvalue weighted by Crippen LogP contribution is 2.18. The van der Waals surface area contributed by atoms with Crippen LogP contribution in [0.15, 0.2) is 22.7 Å². The van der Waals surface area contributed by atoms with E-state index >= 15 is 0 Å². The fraction of sp³-hybridized carbons (Fsp3) is 0.308. The molecule has 1 rings (SSSR count). The van der Waals surface area contributed by atoms with Crippen molar-refractivity contribution in [2.45, 2.75) is 13.3 Å². The minimum absolute atomic E-state index is 0.0854. The molecule has 0 saturated heterocycles. The number of hydrogen-bond acceptors (Lipinski definition) is 2. The smallest absolute Gasteiger partial charge is 0.254 e. The van der Waals surface area contributed by atoms with E-state index in [1.165, 1.54) is 0 Å². The van der Waals surface area contributed by atoms with Crippen LogP contribution in [0.3, 0.4) is 0 Å². The Labute approximate surface area is 110 Å². The average Bonchev–Trinajstić information content (AvgIpc) is 2.26. The molecular formula is C13H15BrN2O. The lowest BCUT2D eigenvalue weighted by molar-refractivity contribution is 0.0777. The molecule has 0 radical (unpaired) electrons. The van der Waals surface area contributed by atoms with Gasteiger partial charge < -0.3 is 10.6 Å². The Hall–Kier alpha value is -1.47. The van der Waals surface area contributed by atoms with Crippen LogP contribution in [0, 0.1) is 12.3 Å². The van der Waals surface area contributed by atoms with Crippen molar-refractivity contribution in [2.75, 3.05) is 18.8 Å². The molecule has 0 aromatic heterocycles. The first kappa shape index (κ1) is 13.6. The van der Waals surface area contributed by atoms with Crippen molar-refractivity contribution in [1.29, 1.82) is 0 Å². The summed E-state index contributed by atoms with van der Waals surface area (Å²) in [6, 6.07) is 5.16. The predicted molar refractivity (Wildman–Crippen MR) is 73.6 cm³/mol. The molecule has 0 spiro atoms. The molecule has 0 aliphatic heterocycles. The number of benzene rings is 1. The molecule has 3 nitrogen and oxygen atoms in total. The summed E-state index contributed by atoms with van der Waals surface area (Å²) in [6.07, 6.45) is 6.13. The number of carbonyl (C=O) groups is 1. The lowest BCUT2D eigenvalue weighted by Crippen LogP contribution is -2.32. The third-order valence-electron chi connectivity index (χ3n) is 2.23. The van der Waals surface area contributed by atoms with Gasteiger partial charge in [0.05, 0.1) is 6.54 Å². The van der Waals surface area contributed by atoms with Gasteiger partial charge in [-0.05, 0) is 24.6 Å². The molecule has 0 aliphatic rings. The molecule has 0 heterocycles. The first-order valence-corrected chi connectivity index (χ1v) is 6.16. The SMILES string of the molecule is C#CCN(CCC)C(=O)c1cc(N)cc(Br)c1. The summed E-state index contributed by atoms with van der Waals surface area (Å²) in [5.41, 5.74) is 6.82. The molecule has 1 amide bonds. The lowest BCUT2D eigenvalue weighted by Gasteiger charge is -2.19. The topological polar surface area (TPSA) is 46.3 Å². The van der Waals surface area contributed by atoms with Crippen molar-refractivity contribution in [1.82, 2.24) is 4.90 Å². The first-order valence-electron chi connectivity index (χ1n) is 5.37. The highest BCUT2D eigenvalue weighted by atomic mass is 79.9. The third kappa shape index (κ3) is 3.79. The number of halogens is 1. The first-order chi connectivity index (χ1) is 8.08. The summed E-state index contributed by atoms with van der Waals surface area (Å²) in [6.45, 7) is 2.97. The highest BCUT2D eigenvalue weighted by Gasteiger charge is 2.14. The van der Waals surface area contributed by atoms with E-state index in [1.807, 2.05) is 6.92 Å². The number of nitrogens with two attached hydrogens (primary N) is 1. The largest absolute Gasteiger partial charge is 0.399 e. The van der Waals surface area contributed by atoms with Crippen molar-refractivity contribution in [3.8, 4) is 12.3 Å². The van der Waals surface area contributed by atoms with Crippen LogP contribution in [-0.2, 0) is 0 Å². The monoisotopic (exact) mass is 294 g/mol. The van der Waals surface area contributed by atoms with E-state index in [0.717, 1.165) is 10.9 Å². The number of amides is 1. The van der Waals surface area contributed by atoms with Gasteiger partial charge in [-0.1, -0.05) is 28.8 Å². The molecule has 1 aromatic carbocycles. The molecule has 1 aromatic rings. The fourth-order valence-electron chi connectivity index (χ4n) is 1.55. The zero-order chi connectivity index (χ0) is 12.8. The quantitative estimate of drug-likeness (QED) is 0.685. The normalized spacial score (nSPS) is 9.71. The maximum absolute atomic E-state index is 12.2. The summed E-state index contributed by atoms with van der Waals surface area (Å²) in [5, 5.41) is 0. The molecule has 0 bridgehead atoms. The summed E-state index contributed by atoms with van der Waals surface area (Å²) >= 11 is 3.32. The van der Waals surface area contributed by atoms with E-state index in [4.69, 9.17) is 12.2 Å². The third-order valence-corrected chi connectivity index (χ3v) is 2.69. The second kappa shape index (κ2) is 6.31. The number of anilines is 1. The number of carbonyl (C=O) groups excluding carboxylic acids is 1. The molecular weight excluding hydrogens is 280 g/mol. The minimum atomic E-state index is -0.0854. The average molecular weight is 295 g/mol. The van der Waals surface area contributed by atoms with Gasteiger partial charge in [0.15, 0.2) is 0 Å². The van der Waals surface area contributed by atoms with Crippen LogP contribution in [0.2, 0.25) is 0 Å². The summed E-state index contributed by atoms with van der Waals surface area (Å²) in [7, 11) is 0. The van der Waals surface area contributed by atoms with Gasteiger partial charge in [0, 0.05) is 22.3 Å². The number of rotatable bonds is 4. The Kier molecular flexibility index (Phi) is 5.05. The number of nitrogen functional groups attached to an aromatic ring is 1. The van der Waals surface area contributed by atoms with E-state index < -0.39 is 0 Å². The van der Waals surface area contributed by atoms with E-state index in [0.29, 0.717) is 24.3 Å². The van der Waals surface area contributed by atoms with E-state index in [2.05, 4.69) is 21.9 Å². The molecule has 0 fully saturated rings. The van der Waals surface area contributed by atoms with Gasteiger partial charge in [0.1, 0.15) is 0 Å². The van der Waals surface area contributed by atoms with Crippen molar-refractivity contribution in [3.63, 3.8) is 0 Å². The zero-order valence-electron chi connectivity index (χ0n) is 9.74. The molecule has 17 heavy (non-hydrogen) atoms. The standard InChI is InChI=1S/C13H15BrN2O/c1-3-5-16(6-4-2)13(17)10-7-11(14)9-12(15)8-10/h1,7-9H,4-6,15H2,2H3. The Morgan fingerprint density at radius 3 is 2.76 bits per heavy atom. The number of terminal acetylenes is 1. The second-order valence-electron chi connectivity index (χ2n) is 3.70. The molecule has 90 valence electrons. The number of nitrogens with zero attached hydrogens (tertiary/aromatic N) is 1. The Morgan fingerprint density at radius 2 is 2.24 bits per heavy atom. The fourth-order valence-corrected chi connectivity index (χ4v) is 2.06. The molecule has 0 unspecified atom stereocenters. The molecule has 0 atom stereocenters. The number of hydrogen-bond donors (Lipinski definition) is 1. The van der Waals surface area contributed by atoms with Crippen LogP contribution in [0.5, 0.6) is 0 Å². The lowest BCUT2D eigenvalue weighted by atomic mass is 10.1. The Balaban J connectivity index is 2.96. The maximum atomic E-state index is 12.2. The summed E-state index contributed by atoms with van der Waals surface area (Å²) < 4.78 is 0.790. The van der Waals surface area contributed by atoms with Gasteiger partial charge in [0.2, 0.25) is 0 Å². The van der Waals surface area contributed by atoms with E-state index in [1.54, 1.807) is 23.1 Å². The van der Waals surface area contributed by atoms with Gasteiger partial charge in [-0.25, -0.2) is 0 Å². The molecule has 4 heteroatoms. The van der Waals surface area contributed by atoms with Crippen LogP contribution in [0.4, 0.5) is 5.69 Å². The summed E-state index contributed by atoms with van der Waals surface area (Å²) in [5.74, 6) is 2.41. The van der Waals surface area contributed by atoms with Crippen LogP contribution in [-0.4, -0.2) is 23.9 Å². The second-order valence-corrected chi connectivity index (χ2v) is 4.62. The van der Waals surface area contributed by atoms with Crippen LogP contribution < -0.4 is 5.73 Å². The Bertz CT molecular complexity index is 431. The van der Waals surface area contributed by atoms with Crippen molar-refractivity contribution >= 4 is 27.5 Å². The van der Waals surface area contributed by atoms with Crippen LogP contribution >= 0.6 is 15.9 Å². The molecule has 2 N–H and O–H groups in total. The minimum Gasteiger partial charge on any atom is -0.399 e. The van der Waals surface area contributed by atoms with Gasteiger partial charge >= 0.3 is 0 Å². The van der Waals surface area contributed by atoms with Gasteiger partial charge in [0.25, 0.3) is 5.91 Å². The summed E-state index contributed by atoms with van der Waals surface area (Å²) in [4.78, 5) is 13.8. The van der Waals surface area contributed by atoms with Gasteiger partial charge in [-0.15, -0.1) is 6.42 Å². The predicted octanol–water partition coefficient (Wildman–Crippen LogP) is 2.52.